The molecule has 0 saturated carbocycles. The second-order valence-electron chi connectivity index (χ2n) is 6.46. The van der Waals surface area contributed by atoms with Crippen molar-refractivity contribution in [2.45, 2.75) is 39.4 Å². The van der Waals surface area contributed by atoms with Crippen molar-refractivity contribution in [3.8, 4) is 0 Å². The van der Waals surface area contributed by atoms with Crippen LogP contribution in [0.2, 0.25) is 0 Å². The molecule has 0 bridgehead atoms. The fraction of sp³-hybridized carbons (Fsp3) is 0.318. The molecule has 1 atom stereocenters. The second-order valence-corrected chi connectivity index (χ2v) is 6.46. The van der Waals surface area contributed by atoms with E-state index in [4.69, 9.17) is 0 Å². The number of halogens is 4. The van der Waals surface area contributed by atoms with Gasteiger partial charge >= 0.3 is 6.18 Å². The Kier molecular flexibility index (Phi) is 7.19. The first-order chi connectivity index (χ1) is 13.7. The first-order valence-electron chi connectivity index (χ1n) is 9.37. The zero-order valence-electron chi connectivity index (χ0n) is 17.0. The standard InChI is InChI=1S/C20H19F4N3.C2H6/c1-4-15-12-27(26(3)13(15)2)19-5-6-25-18(11-19)9-14-7-16(20(22,23)24)10-17(21)8-14;1-2/h4-8,10-13H,1,9H2,2-3H3;1-2H3. The lowest BCUT2D eigenvalue weighted by atomic mass is 10.0. The molecule has 7 heteroatoms. The molecule has 1 aliphatic heterocycles. The molecule has 0 fully saturated rings. The first kappa shape index (κ1) is 22.6. The number of aromatic nitrogens is 1. The summed E-state index contributed by atoms with van der Waals surface area (Å²) in [4.78, 5) is 4.22. The molecule has 2 aromatic rings. The van der Waals surface area contributed by atoms with Gasteiger partial charge in [-0.25, -0.2) is 9.40 Å². The summed E-state index contributed by atoms with van der Waals surface area (Å²) in [6.45, 7) is 9.85. The molecule has 29 heavy (non-hydrogen) atoms. The van der Waals surface area contributed by atoms with Gasteiger partial charge in [-0.15, -0.1) is 0 Å². The summed E-state index contributed by atoms with van der Waals surface area (Å²) in [5, 5.41) is 3.94. The molecular weight excluding hydrogens is 382 g/mol. The van der Waals surface area contributed by atoms with Gasteiger partial charge in [0.2, 0.25) is 0 Å². The van der Waals surface area contributed by atoms with E-state index in [-0.39, 0.29) is 18.0 Å². The first-order valence-corrected chi connectivity index (χ1v) is 9.37. The molecule has 0 radical (unpaired) electrons. The molecule has 1 unspecified atom stereocenters. The Balaban J connectivity index is 0.00000145. The topological polar surface area (TPSA) is 19.4 Å². The summed E-state index contributed by atoms with van der Waals surface area (Å²) in [6.07, 6.45) is 0.828. The minimum atomic E-state index is -4.59. The molecule has 0 saturated heterocycles. The van der Waals surface area contributed by atoms with Gasteiger partial charge in [-0.05, 0) is 48.4 Å². The maximum atomic E-state index is 13.6. The SMILES string of the molecule is C=CC1=CN(c2ccnc(Cc3cc(F)cc(C(F)(F)F)c3)c2)N(C)C1C.CC. The number of hydrogen-bond donors (Lipinski definition) is 0. The van der Waals surface area contributed by atoms with Crippen molar-refractivity contribution in [1.82, 2.24) is 9.99 Å². The number of alkyl halides is 3. The number of likely N-dealkylation sites (N-methyl/N-ethyl adjacent to an activating group) is 1. The summed E-state index contributed by atoms with van der Waals surface area (Å²) in [6, 6.07) is 6.29. The third kappa shape index (κ3) is 5.23. The highest BCUT2D eigenvalue weighted by Crippen LogP contribution is 2.31. The third-order valence-corrected chi connectivity index (χ3v) is 4.62. The summed E-state index contributed by atoms with van der Waals surface area (Å²) in [5.74, 6) is -0.914. The van der Waals surface area contributed by atoms with Crippen LogP contribution in [0, 0.1) is 5.82 Å². The summed E-state index contributed by atoms with van der Waals surface area (Å²) < 4.78 is 52.3. The molecule has 1 aliphatic rings. The van der Waals surface area contributed by atoms with Crippen molar-refractivity contribution in [3.05, 3.63) is 83.6 Å². The molecule has 3 rings (SSSR count). The number of pyridine rings is 1. The minimum Gasteiger partial charge on any atom is -0.281 e. The zero-order valence-corrected chi connectivity index (χ0v) is 17.0. The largest absolute Gasteiger partial charge is 0.416 e. The van der Waals surface area contributed by atoms with E-state index in [0.29, 0.717) is 11.8 Å². The number of hydrazine groups is 1. The fourth-order valence-electron chi connectivity index (χ4n) is 3.05. The van der Waals surface area contributed by atoms with Gasteiger partial charge in [0.05, 0.1) is 17.3 Å². The molecule has 0 N–H and O–H groups in total. The van der Waals surface area contributed by atoms with Gasteiger partial charge in [0.15, 0.2) is 0 Å². The normalized spacial score (nSPS) is 16.9. The maximum absolute atomic E-state index is 13.6. The lowest BCUT2D eigenvalue weighted by molar-refractivity contribution is -0.137. The van der Waals surface area contributed by atoms with Crippen LogP contribution in [0.15, 0.2) is 61.0 Å². The van der Waals surface area contributed by atoms with Crippen LogP contribution >= 0.6 is 0 Å². The van der Waals surface area contributed by atoms with E-state index in [1.807, 2.05) is 50.1 Å². The number of nitrogens with zero attached hydrogens (tertiary/aromatic N) is 3. The van der Waals surface area contributed by atoms with Gasteiger partial charge in [0.25, 0.3) is 0 Å². The number of anilines is 1. The quantitative estimate of drug-likeness (QED) is 0.581. The Hall–Kier alpha value is -2.67. The second kappa shape index (κ2) is 9.22. The van der Waals surface area contributed by atoms with E-state index in [9.17, 15) is 17.6 Å². The Morgan fingerprint density at radius 3 is 2.45 bits per heavy atom. The minimum absolute atomic E-state index is 0.0970. The van der Waals surface area contributed by atoms with Crippen molar-refractivity contribution in [3.63, 3.8) is 0 Å². The molecule has 1 aromatic heterocycles. The van der Waals surface area contributed by atoms with Crippen molar-refractivity contribution >= 4 is 5.69 Å². The number of hydrogen-bond acceptors (Lipinski definition) is 3. The predicted molar refractivity (Wildman–Crippen MR) is 108 cm³/mol. The molecule has 1 aromatic carbocycles. The number of rotatable bonds is 4. The van der Waals surface area contributed by atoms with Crippen LogP contribution in [0.1, 0.15) is 37.6 Å². The highest BCUT2D eigenvalue weighted by molar-refractivity contribution is 5.53. The van der Waals surface area contributed by atoms with Crippen molar-refractivity contribution in [1.29, 1.82) is 0 Å². The maximum Gasteiger partial charge on any atom is 0.416 e. The predicted octanol–water partition coefficient (Wildman–Crippen LogP) is 5.98. The van der Waals surface area contributed by atoms with Crippen LogP contribution < -0.4 is 5.01 Å². The average Bonchev–Trinajstić information content (AvgIpc) is 2.97. The van der Waals surface area contributed by atoms with E-state index in [1.54, 1.807) is 18.3 Å². The van der Waals surface area contributed by atoms with E-state index >= 15 is 0 Å². The molecule has 2 heterocycles. The zero-order chi connectivity index (χ0) is 21.8. The van der Waals surface area contributed by atoms with Crippen LogP contribution in [0.3, 0.4) is 0 Å². The Morgan fingerprint density at radius 1 is 1.17 bits per heavy atom. The van der Waals surface area contributed by atoms with E-state index < -0.39 is 17.6 Å². The van der Waals surface area contributed by atoms with Gasteiger partial charge in [0.1, 0.15) is 5.82 Å². The highest BCUT2D eigenvalue weighted by atomic mass is 19.4. The fourth-order valence-corrected chi connectivity index (χ4v) is 3.05. The van der Waals surface area contributed by atoms with Gasteiger partial charge in [-0.2, -0.15) is 13.2 Å². The van der Waals surface area contributed by atoms with Gasteiger partial charge < -0.3 is 0 Å². The van der Waals surface area contributed by atoms with Gasteiger partial charge in [-0.1, -0.05) is 26.5 Å². The Morgan fingerprint density at radius 2 is 1.86 bits per heavy atom. The monoisotopic (exact) mass is 407 g/mol. The van der Waals surface area contributed by atoms with Gasteiger partial charge in [0, 0.05) is 31.6 Å². The van der Waals surface area contributed by atoms with E-state index in [2.05, 4.69) is 11.6 Å². The third-order valence-electron chi connectivity index (χ3n) is 4.62. The molecule has 156 valence electrons. The van der Waals surface area contributed by atoms with Crippen LogP contribution in [0.25, 0.3) is 0 Å². The number of benzene rings is 1. The summed E-state index contributed by atoms with van der Waals surface area (Å²) in [5.41, 5.74) is 1.64. The Labute approximate surface area is 168 Å². The van der Waals surface area contributed by atoms with E-state index in [1.165, 1.54) is 0 Å². The van der Waals surface area contributed by atoms with Crippen molar-refractivity contribution in [2.24, 2.45) is 0 Å². The molecular formula is C22H25F4N3. The Bertz CT molecular complexity index is 890. The van der Waals surface area contributed by atoms with Crippen LogP contribution in [-0.4, -0.2) is 23.1 Å². The molecule has 0 amide bonds. The van der Waals surface area contributed by atoms with Crippen LogP contribution in [0.4, 0.5) is 23.2 Å². The van der Waals surface area contributed by atoms with Crippen molar-refractivity contribution in [2.75, 3.05) is 12.1 Å². The van der Waals surface area contributed by atoms with Crippen LogP contribution in [0.5, 0.6) is 0 Å². The van der Waals surface area contributed by atoms with E-state index in [0.717, 1.165) is 23.4 Å². The lowest BCUT2D eigenvalue weighted by Crippen LogP contribution is -2.36. The van der Waals surface area contributed by atoms with Crippen molar-refractivity contribution < 1.29 is 17.6 Å². The summed E-state index contributed by atoms with van der Waals surface area (Å²) in [7, 11) is 1.93. The lowest BCUT2D eigenvalue weighted by Gasteiger charge is -2.28. The molecule has 0 aliphatic carbocycles. The average molecular weight is 407 g/mol. The van der Waals surface area contributed by atoms with Gasteiger partial charge in [-0.3, -0.25) is 9.99 Å². The highest BCUT2D eigenvalue weighted by Gasteiger charge is 2.31. The molecule has 3 nitrogen and oxygen atoms in total. The summed E-state index contributed by atoms with van der Waals surface area (Å²) >= 11 is 0. The smallest absolute Gasteiger partial charge is 0.281 e. The molecule has 0 spiro atoms. The van der Waals surface area contributed by atoms with Crippen LogP contribution in [-0.2, 0) is 12.6 Å².